The standard InChI is InChI=1S/C11H17IN4/c1-2-3-7-14-11(16-13)15-10-6-4-5-9(12)8-10/h4-6,8H,2-3,7,13H2,1H3,(H2,14,15,16). The number of hydrazine groups is 1. The Morgan fingerprint density at radius 2 is 2.31 bits per heavy atom. The summed E-state index contributed by atoms with van der Waals surface area (Å²) >= 11 is 2.27. The highest BCUT2D eigenvalue weighted by atomic mass is 127. The van der Waals surface area contributed by atoms with Gasteiger partial charge in [-0.2, -0.15) is 0 Å². The van der Waals surface area contributed by atoms with Crippen LogP contribution in [0.25, 0.3) is 0 Å². The first-order valence-corrected chi connectivity index (χ1v) is 6.37. The molecule has 0 saturated carbocycles. The highest BCUT2D eigenvalue weighted by molar-refractivity contribution is 14.1. The summed E-state index contributed by atoms with van der Waals surface area (Å²) in [5, 5.41) is 3.14. The molecule has 0 atom stereocenters. The SMILES string of the molecule is CCCCN=C(NN)Nc1cccc(I)c1. The Labute approximate surface area is 110 Å². The third-order valence-corrected chi connectivity index (χ3v) is 2.68. The van der Waals surface area contributed by atoms with Gasteiger partial charge in [-0.25, -0.2) is 5.84 Å². The van der Waals surface area contributed by atoms with Gasteiger partial charge in [-0.1, -0.05) is 19.4 Å². The van der Waals surface area contributed by atoms with Crippen LogP contribution < -0.4 is 16.6 Å². The lowest BCUT2D eigenvalue weighted by Crippen LogP contribution is -2.36. The van der Waals surface area contributed by atoms with E-state index in [-0.39, 0.29) is 0 Å². The fourth-order valence-corrected chi connectivity index (χ4v) is 1.72. The molecule has 0 radical (unpaired) electrons. The van der Waals surface area contributed by atoms with Crippen molar-refractivity contribution in [2.75, 3.05) is 11.9 Å². The van der Waals surface area contributed by atoms with Gasteiger partial charge in [0, 0.05) is 15.8 Å². The molecule has 1 aromatic rings. The van der Waals surface area contributed by atoms with Crippen LogP contribution in [-0.4, -0.2) is 12.5 Å². The van der Waals surface area contributed by atoms with Gasteiger partial charge in [0.25, 0.3) is 0 Å². The number of hydrogen-bond donors (Lipinski definition) is 3. The van der Waals surface area contributed by atoms with Gasteiger partial charge in [0.1, 0.15) is 0 Å². The summed E-state index contributed by atoms with van der Waals surface area (Å²) in [4.78, 5) is 4.32. The summed E-state index contributed by atoms with van der Waals surface area (Å²) in [7, 11) is 0. The maximum Gasteiger partial charge on any atom is 0.210 e. The smallest absolute Gasteiger partial charge is 0.210 e. The van der Waals surface area contributed by atoms with E-state index >= 15 is 0 Å². The summed E-state index contributed by atoms with van der Waals surface area (Å²) in [6, 6.07) is 8.04. The van der Waals surface area contributed by atoms with Gasteiger partial charge in [0.2, 0.25) is 5.96 Å². The van der Waals surface area contributed by atoms with Crippen molar-refractivity contribution in [1.29, 1.82) is 0 Å². The number of guanidine groups is 1. The zero-order valence-electron chi connectivity index (χ0n) is 9.33. The van der Waals surface area contributed by atoms with Crippen molar-refractivity contribution in [2.24, 2.45) is 10.8 Å². The second-order valence-corrected chi connectivity index (χ2v) is 4.61. The number of halogens is 1. The van der Waals surface area contributed by atoms with Crippen molar-refractivity contribution >= 4 is 34.2 Å². The van der Waals surface area contributed by atoms with Gasteiger partial charge in [0.05, 0.1) is 0 Å². The summed E-state index contributed by atoms with van der Waals surface area (Å²) < 4.78 is 1.17. The number of aliphatic imine (C=N–C) groups is 1. The van der Waals surface area contributed by atoms with Crippen LogP contribution in [-0.2, 0) is 0 Å². The maximum absolute atomic E-state index is 5.40. The van der Waals surface area contributed by atoms with Crippen molar-refractivity contribution in [3.8, 4) is 0 Å². The van der Waals surface area contributed by atoms with Crippen LogP contribution in [0.4, 0.5) is 5.69 Å². The van der Waals surface area contributed by atoms with E-state index in [9.17, 15) is 0 Å². The lowest BCUT2D eigenvalue weighted by atomic mass is 10.3. The number of nitrogens with two attached hydrogens (primary N) is 1. The van der Waals surface area contributed by atoms with Gasteiger partial charge in [-0.15, -0.1) is 0 Å². The number of unbranched alkanes of at least 4 members (excludes halogenated alkanes) is 1. The number of benzene rings is 1. The van der Waals surface area contributed by atoms with Gasteiger partial charge >= 0.3 is 0 Å². The predicted molar refractivity (Wildman–Crippen MR) is 77.3 cm³/mol. The van der Waals surface area contributed by atoms with Crippen LogP contribution in [0.1, 0.15) is 19.8 Å². The molecular weight excluding hydrogens is 315 g/mol. The summed E-state index contributed by atoms with van der Waals surface area (Å²) in [5.74, 6) is 6.00. The fourth-order valence-electron chi connectivity index (χ4n) is 1.17. The zero-order valence-corrected chi connectivity index (χ0v) is 11.5. The lowest BCUT2D eigenvalue weighted by molar-refractivity contribution is 0.801. The van der Waals surface area contributed by atoms with Crippen molar-refractivity contribution in [1.82, 2.24) is 5.43 Å². The molecule has 0 heterocycles. The van der Waals surface area contributed by atoms with Crippen LogP contribution in [0, 0.1) is 3.57 Å². The molecule has 0 unspecified atom stereocenters. The molecule has 1 rings (SSSR count). The number of anilines is 1. The molecule has 1 aromatic carbocycles. The largest absolute Gasteiger partial charge is 0.325 e. The van der Waals surface area contributed by atoms with E-state index in [1.165, 1.54) is 3.57 Å². The van der Waals surface area contributed by atoms with Crippen LogP contribution in [0.3, 0.4) is 0 Å². The molecule has 0 spiro atoms. The molecule has 4 N–H and O–H groups in total. The molecule has 16 heavy (non-hydrogen) atoms. The van der Waals surface area contributed by atoms with E-state index in [4.69, 9.17) is 5.84 Å². The average Bonchev–Trinajstić information content (AvgIpc) is 2.28. The first kappa shape index (κ1) is 13.2. The van der Waals surface area contributed by atoms with Crippen molar-refractivity contribution < 1.29 is 0 Å². The van der Waals surface area contributed by atoms with Gasteiger partial charge in [-0.3, -0.25) is 10.4 Å². The molecular formula is C11H17IN4. The lowest BCUT2D eigenvalue weighted by Gasteiger charge is -2.09. The summed E-state index contributed by atoms with van der Waals surface area (Å²) in [5.41, 5.74) is 3.55. The minimum absolute atomic E-state index is 0.607. The Morgan fingerprint density at radius 1 is 1.50 bits per heavy atom. The quantitative estimate of drug-likeness (QED) is 0.198. The number of rotatable bonds is 4. The minimum atomic E-state index is 0.607. The Kier molecular flexibility index (Phi) is 6.17. The second-order valence-electron chi connectivity index (χ2n) is 3.36. The number of hydrogen-bond acceptors (Lipinski definition) is 2. The average molecular weight is 332 g/mol. The van der Waals surface area contributed by atoms with Crippen LogP contribution >= 0.6 is 22.6 Å². The molecule has 0 aliphatic heterocycles. The van der Waals surface area contributed by atoms with E-state index in [0.717, 1.165) is 25.1 Å². The topological polar surface area (TPSA) is 62.4 Å². The minimum Gasteiger partial charge on any atom is -0.325 e. The van der Waals surface area contributed by atoms with Crippen LogP contribution in [0.15, 0.2) is 29.3 Å². The Bertz CT molecular complexity index is 352. The van der Waals surface area contributed by atoms with E-state index in [1.807, 2.05) is 24.3 Å². The van der Waals surface area contributed by atoms with E-state index in [2.05, 4.69) is 45.2 Å². The Balaban J connectivity index is 2.59. The Hall–Kier alpha value is -0.820. The predicted octanol–water partition coefficient (Wildman–Crippen LogP) is 2.32. The first-order chi connectivity index (χ1) is 7.76. The second kappa shape index (κ2) is 7.45. The van der Waals surface area contributed by atoms with Gasteiger partial charge < -0.3 is 5.32 Å². The third-order valence-electron chi connectivity index (χ3n) is 2.01. The van der Waals surface area contributed by atoms with Crippen molar-refractivity contribution in [3.63, 3.8) is 0 Å². The molecule has 5 heteroatoms. The summed E-state index contributed by atoms with van der Waals surface area (Å²) in [6.45, 7) is 2.92. The molecule has 0 aliphatic rings. The van der Waals surface area contributed by atoms with Crippen molar-refractivity contribution in [2.45, 2.75) is 19.8 Å². The van der Waals surface area contributed by atoms with E-state index < -0.39 is 0 Å². The van der Waals surface area contributed by atoms with Gasteiger partial charge in [-0.05, 0) is 47.2 Å². The molecule has 0 saturated heterocycles. The normalized spacial score (nSPS) is 11.3. The maximum atomic E-state index is 5.40. The summed E-state index contributed by atoms with van der Waals surface area (Å²) in [6.07, 6.45) is 2.20. The Morgan fingerprint density at radius 3 is 2.94 bits per heavy atom. The van der Waals surface area contributed by atoms with E-state index in [1.54, 1.807) is 0 Å². The highest BCUT2D eigenvalue weighted by Crippen LogP contribution is 2.11. The molecule has 88 valence electrons. The zero-order chi connectivity index (χ0) is 11.8. The molecule has 4 nitrogen and oxygen atoms in total. The molecule has 0 aromatic heterocycles. The van der Waals surface area contributed by atoms with E-state index in [0.29, 0.717) is 5.96 Å². The van der Waals surface area contributed by atoms with Crippen LogP contribution in [0.2, 0.25) is 0 Å². The van der Waals surface area contributed by atoms with Crippen molar-refractivity contribution in [3.05, 3.63) is 27.8 Å². The highest BCUT2D eigenvalue weighted by Gasteiger charge is 1.97. The van der Waals surface area contributed by atoms with Crippen LogP contribution in [0.5, 0.6) is 0 Å². The monoisotopic (exact) mass is 332 g/mol. The van der Waals surface area contributed by atoms with Gasteiger partial charge in [0.15, 0.2) is 0 Å². The number of nitrogens with one attached hydrogen (secondary N) is 2. The molecule has 0 bridgehead atoms. The fraction of sp³-hybridized carbons (Fsp3) is 0.364. The molecule has 0 amide bonds. The molecule has 0 fully saturated rings. The first-order valence-electron chi connectivity index (χ1n) is 5.30. The third kappa shape index (κ3) is 4.80. The number of nitrogens with zero attached hydrogens (tertiary/aromatic N) is 1. The molecule has 0 aliphatic carbocycles.